The van der Waals surface area contributed by atoms with Gasteiger partial charge >= 0.3 is 17.9 Å². The Balaban J connectivity index is 4.29. The average Bonchev–Trinajstić information content (AvgIpc) is 3.44. The van der Waals surface area contributed by atoms with Crippen molar-refractivity contribution in [1.82, 2.24) is 0 Å². The second-order valence-electron chi connectivity index (χ2n) is 23.4. The first kappa shape index (κ1) is 75.4. The van der Waals surface area contributed by atoms with Gasteiger partial charge in [-0.3, -0.25) is 14.4 Å². The summed E-state index contributed by atoms with van der Waals surface area (Å²) in [7, 11) is 0. The van der Waals surface area contributed by atoms with Crippen molar-refractivity contribution in [3.63, 3.8) is 0 Å². The van der Waals surface area contributed by atoms with E-state index in [0.29, 0.717) is 19.3 Å². The lowest BCUT2D eigenvalue weighted by Crippen LogP contribution is -2.30. The smallest absolute Gasteiger partial charge is 0.306 e. The summed E-state index contributed by atoms with van der Waals surface area (Å²) < 4.78 is 17.0. The van der Waals surface area contributed by atoms with E-state index >= 15 is 0 Å². The quantitative estimate of drug-likeness (QED) is 0.0261. The molecule has 0 fully saturated rings. The zero-order valence-electron chi connectivity index (χ0n) is 52.5. The van der Waals surface area contributed by atoms with E-state index in [0.717, 1.165) is 83.5 Å². The predicted octanol–water partition coefficient (Wildman–Crippen LogP) is 23.7. The molecule has 0 saturated carbocycles. The summed E-state index contributed by atoms with van der Waals surface area (Å²) in [6.45, 7) is 6.57. The van der Waals surface area contributed by atoms with Crippen LogP contribution in [0.15, 0.2) is 48.6 Å². The maximum absolute atomic E-state index is 12.9. The number of hydrogen-bond acceptors (Lipinski definition) is 6. The number of hydrogen-bond donors (Lipinski definition) is 0. The van der Waals surface area contributed by atoms with Gasteiger partial charge in [-0.15, -0.1) is 0 Å². The molecule has 0 spiro atoms. The van der Waals surface area contributed by atoms with Crippen molar-refractivity contribution < 1.29 is 28.6 Å². The lowest BCUT2D eigenvalue weighted by molar-refractivity contribution is -0.167. The van der Waals surface area contributed by atoms with Crippen molar-refractivity contribution in [2.45, 2.75) is 380 Å². The van der Waals surface area contributed by atoms with Crippen LogP contribution in [0, 0.1) is 0 Å². The van der Waals surface area contributed by atoms with Gasteiger partial charge in [0.2, 0.25) is 0 Å². The Morgan fingerprint density at radius 2 is 0.500 bits per heavy atom. The summed E-state index contributed by atoms with van der Waals surface area (Å²) in [5.74, 6) is -0.897. The molecule has 0 aromatic carbocycles. The number of rotatable bonds is 64. The predicted molar refractivity (Wildman–Crippen MR) is 339 cm³/mol. The lowest BCUT2D eigenvalue weighted by atomic mass is 10.0. The molecule has 1 atom stereocenters. The van der Waals surface area contributed by atoms with Crippen molar-refractivity contribution in [2.75, 3.05) is 13.2 Å². The molecular formula is C72H132O6. The fraction of sp³-hybridized carbons (Fsp3) is 0.847. The number of ether oxygens (including phenoxy) is 3. The van der Waals surface area contributed by atoms with Crippen LogP contribution in [-0.4, -0.2) is 37.2 Å². The van der Waals surface area contributed by atoms with E-state index in [1.807, 2.05) is 0 Å². The Morgan fingerprint density at radius 3 is 0.782 bits per heavy atom. The monoisotopic (exact) mass is 1090 g/mol. The van der Waals surface area contributed by atoms with Crippen molar-refractivity contribution in [2.24, 2.45) is 0 Å². The number of esters is 3. The molecule has 78 heavy (non-hydrogen) atoms. The molecule has 6 nitrogen and oxygen atoms in total. The third-order valence-electron chi connectivity index (χ3n) is 15.6. The van der Waals surface area contributed by atoms with E-state index in [-0.39, 0.29) is 31.1 Å². The first-order valence-electron chi connectivity index (χ1n) is 34.6. The Bertz CT molecular complexity index is 1350. The first-order chi connectivity index (χ1) is 38.5. The third-order valence-corrected chi connectivity index (χ3v) is 15.6. The van der Waals surface area contributed by atoms with Gasteiger partial charge in [0, 0.05) is 19.3 Å². The summed E-state index contributed by atoms with van der Waals surface area (Å²) in [4.78, 5) is 38.4. The Morgan fingerprint density at radius 1 is 0.269 bits per heavy atom. The molecule has 0 N–H and O–H groups in total. The fourth-order valence-electron chi connectivity index (χ4n) is 10.4. The molecule has 0 aromatic rings. The van der Waals surface area contributed by atoms with Gasteiger partial charge in [0.15, 0.2) is 6.10 Å². The highest BCUT2D eigenvalue weighted by molar-refractivity contribution is 5.71. The minimum Gasteiger partial charge on any atom is -0.462 e. The summed E-state index contributed by atoms with van der Waals surface area (Å²) in [6, 6.07) is 0. The molecule has 0 aliphatic carbocycles. The van der Waals surface area contributed by atoms with E-state index in [4.69, 9.17) is 14.2 Å². The van der Waals surface area contributed by atoms with Gasteiger partial charge in [-0.05, 0) is 57.8 Å². The van der Waals surface area contributed by atoms with Gasteiger partial charge in [0.1, 0.15) is 13.2 Å². The van der Waals surface area contributed by atoms with Crippen LogP contribution >= 0.6 is 0 Å². The second kappa shape index (κ2) is 66.9. The maximum atomic E-state index is 12.9. The number of unbranched alkanes of at least 4 members (excludes halogenated alkanes) is 45. The largest absolute Gasteiger partial charge is 0.462 e. The summed E-state index contributed by atoms with van der Waals surface area (Å²) >= 11 is 0. The minimum atomic E-state index is -0.788. The van der Waals surface area contributed by atoms with Gasteiger partial charge in [-0.2, -0.15) is 0 Å². The fourth-order valence-corrected chi connectivity index (χ4v) is 10.4. The van der Waals surface area contributed by atoms with Gasteiger partial charge in [0.05, 0.1) is 0 Å². The molecule has 1 unspecified atom stereocenters. The molecular weight excluding hydrogens is 961 g/mol. The molecule has 6 heteroatoms. The van der Waals surface area contributed by atoms with E-state index in [2.05, 4.69) is 69.4 Å². The van der Waals surface area contributed by atoms with Crippen LogP contribution in [0.2, 0.25) is 0 Å². The van der Waals surface area contributed by atoms with E-state index < -0.39 is 6.10 Å². The molecule has 0 amide bonds. The average molecular weight is 1090 g/mol. The molecule has 456 valence electrons. The highest BCUT2D eigenvalue weighted by Gasteiger charge is 2.19. The lowest BCUT2D eigenvalue weighted by Gasteiger charge is -2.18. The van der Waals surface area contributed by atoms with Gasteiger partial charge < -0.3 is 14.2 Å². The van der Waals surface area contributed by atoms with E-state index in [1.54, 1.807) is 0 Å². The summed E-state index contributed by atoms with van der Waals surface area (Å²) in [5.41, 5.74) is 0. The van der Waals surface area contributed by atoms with E-state index in [9.17, 15) is 14.4 Å². The zero-order chi connectivity index (χ0) is 56.4. The van der Waals surface area contributed by atoms with Gasteiger partial charge in [-0.1, -0.05) is 345 Å². The number of allylic oxidation sites excluding steroid dienone is 8. The third kappa shape index (κ3) is 64.2. The molecule has 0 rings (SSSR count). The minimum absolute atomic E-state index is 0.0810. The van der Waals surface area contributed by atoms with Crippen molar-refractivity contribution >= 4 is 17.9 Å². The molecule has 0 heterocycles. The van der Waals surface area contributed by atoms with Gasteiger partial charge in [-0.25, -0.2) is 0 Å². The zero-order valence-corrected chi connectivity index (χ0v) is 52.5. The SMILES string of the molecule is CC/C=C\C/C=C\C/C=C\C/C=C\CCCCC(=O)OCC(COC(=O)CCCCCCCCCCCCCCCCCCCCCCCCCC)OC(=O)CCCCCCCCCCCCCCCCCCCCCCC. The molecule has 0 aromatic heterocycles. The number of carbonyl (C=O) groups excluding carboxylic acids is 3. The molecule has 0 aliphatic heterocycles. The molecule has 0 bridgehead atoms. The van der Waals surface area contributed by atoms with Crippen molar-refractivity contribution in [1.29, 1.82) is 0 Å². The highest BCUT2D eigenvalue weighted by Crippen LogP contribution is 2.19. The van der Waals surface area contributed by atoms with Gasteiger partial charge in [0.25, 0.3) is 0 Å². The molecule has 0 radical (unpaired) electrons. The Hall–Kier alpha value is -2.63. The van der Waals surface area contributed by atoms with Crippen LogP contribution in [0.5, 0.6) is 0 Å². The normalized spacial score (nSPS) is 12.3. The van der Waals surface area contributed by atoms with Crippen LogP contribution in [0.25, 0.3) is 0 Å². The van der Waals surface area contributed by atoms with Crippen molar-refractivity contribution in [3.8, 4) is 0 Å². The first-order valence-corrected chi connectivity index (χ1v) is 34.6. The van der Waals surface area contributed by atoms with Crippen molar-refractivity contribution in [3.05, 3.63) is 48.6 Å². The van der Waals surface area contributed by atoms with E-state index in [1.165, 1.54) is 250 Å². The summed E-state index contributed by atoms with van der Waals surface area (Å²) in [5, 5.41) is 0. The highest BCUT2D eigenvalue weighted by atomic mass is 16.6. The Labute approximate surface area is 486 Å². The van der Waals surface area contributed by atoms with Crippen LogP contribution < -0.4 is 0 Å². The Kier molecular flexibility index (Phi) is 64.6. The van der Waals surface area contributed by atoms with Crippen LogP contribution in [0.4, 0.5) is 0 Å². The standard InChI is InChI=1S/C72H132O6/c1-4-7-10-13-16-19-22-25-28-30-32-34-35-36-38-39-41-44-47-50-53-56-59-62-65-71(74)77-68-69(67-76-70(73)64-61-58-55-52-49-46-43-27-24-21-18-15-12-9-6-3)78-72(75)66-63-60-57-54-51-48-45-42-40-37-33-31-29-26-23-20-17-14-11-8-5-2/h9,12,18,21,27,43,49,52,69H,4-8,10-11,13-17,19-20,22-26,28-42,44-48,50-51,53-68H2,1-3H3/b12-9-,21-18-,43-27-,52-49-. The maximum Gasteiger partial charge on any atom is 0.306 e. The summed E-state index contributed by atoms with van der Waals surface area (Å²) in [6.07, 6.45) is 84.3. The second-order valence-corrected chi connectivity index (χ2v) is 23.4. The van der Waals surface area contributed by atoms with Crippen LogP contribution in [0.3, 0.4) is 0 Å². The molecule has 0 aliphatic rings. The van der Waals surface area contributed by atoms with Crippen LogP contribution in [-0.2, 0) is 28.6 Å². The van der Waals surface area contributed by atoms with Crippen LogP contribution in [0.1, 0.15) is 374 Å². The molecule has 0 saturated heterocycles. The topological polar surface area (TPSA) is 78.9 Å². The number of carbonyl (C=O) groups is 3.